The highest BCUT2D eigenvalue weighted by Gasteiger charge is 2.18. The SMILES string of the molecule is Nc1cccc2ccc(C3C=Cc4ccccc43)cc12. The monoisotopic (exact) mass is 257 g/mol. The maximum Gasteiger partial charge on any atom is 0.0393 e. The van der Waals surface area contributed by atoms with Crippen molar-refractivity contribution in [1.29, 1.82) is 0 Å². The molecule has 1 aliphatic carbocycles. The fourth-order valence-corrected chi connectivity index (χ4v) is 3.05. The van der Waals surface area contributed by atoms with Gasteiger partial charge in [0.1, 0.15) is 0 Å². The van der Waals surface area contributed by atoms with Gasteiger partial charge in [-0.05, 0) is 34.2 Å². The molecule has 0 saturated heterocycles. The van der Waals surface area contributed by atoms with Gasteiger partial charge in [-0.3, -0.25) is 0 Å². The van der Waals surface area contributed by atoms with Crippen molar-refractivity contribution in [3.63, 3.8) is 0 Å². The zero-order valence-corrected chi connectivity index (χ0v) is 11.1. The number of benzene rings is 3. The van der Waals surface area contributed by atoms with Gasteiger partial charge in [0.2, 0.25) is 0 Å². The lowest BCUT2D eigenvalue weighted by Crippen LogP contribution is -1.96. The molecule has 96 valence electrons. The molecule has 1 aliphatic rings. The predicted molar refractivity (Wildman–Crippen MR) is 85.7 cm³/mol. The van der Waals surface area contributed by atoms with Gasteiger partial charge < -0.3 is 5.73 Å². The first-order valence-corrected chi connectivity index (χ1v) is 6.88. The summed E-state index contributed by atoms with van der Waals surface area (Å²) in [5.74, 6) is 0.343. The summed E-state index contributed by atoms with van der Waals surface area (Å²) in [7, 11) is 0. The molecular weight excluding hydrogens is 242 g/mol. The number of allylic oxidation sites excluding steroid dienone is 1. The Bertz CT molecular complexity index is 830. The van der Waals surface area contributed by atoms with Crippen LogP contribution in [0.25, 0.3) is 16.8 Å². The second-order valence-electron chi connectivity index (χ2n) is 5.29. The van der Waals surface area contributed by atoms with E-state index in [1.165, 1.54) is 22.1 Å². The molecule has 0 aliphatic heterocycles. The Morgan fingerprint density at radius 3 is 2.70 bits per heavy atom. The highest BCUT2D eigenvalue weighted by atomic mass is 14.5. The van der Waals surface area contributed by atoms with E-state index in [0.717, 1.165) is 11.1 Å². The zero-order chi connectivity index (χ0) is 13.5. The van der Waals surface area contributed by atoms with Crippen LogP contribution < -0.4 is 5.73 Å². The van der Waals surface area contributed by atoms with Crippen molar-refractivity contribution in [3.8, 4) is 0 Å². The number of fused-ring (bicyclic) bond motifs is 2. The van der Waals surface area contributed by atoms with Gasteiger partial charge in [-0.2, -0.15) is 0 Å². The van der Waals surface area contributed by atoms with Crippen LogP contribution in [-0.2, 0) is 0 Å². The van der Waals surface area contributed by atoms with Gasteiger partial charge in [0, 0.05) is 17.0 Å². The number of hydrogen-bond donors (Lipinski definition) is 1. The molecule has 0 aromatic heterocycles. The fourth-order valence-electron chi connectivity index (χ4n) is 3.05. The summed E-state index contributed by atoms with van der Waals surface area (Å²) in [6.45, 7) is 0. The Labute approximate surface area is 118 Å². The molecule has 4 rings (SSSR count). The van der Waals surface area contributed by atoms with E-state index in [2.05, 4.69) is 60.7 Å². The van der Waals surface area contributed by atoms with Crippen molar-refractivity contribution >= 4 is 22.5 Å². The summed E-state index contributed by atoms with van der Waals surface area (Å²) in [5, 5.41) is 2.34. The predicted octanol–water partition coefficient (Wildman–Crippen LogP) is 4.58. The maximum absolute atomic E-state index is 6.10. The summed E-state index contributed by atoms with van der Waals surface area (Å²) in [5.41, 5.74) is 10.9. The van der Waals surface area contributed by atoms with Crippen molar-refractivity contribution in [2.24, 2.45) is 0 Å². The van der Waals surface area contributed by atoms with Crippen molar-refractivity contribution in [2.45, 2.75) is 5.92 Å². The fraction of sp³-hybridized carbons (Fsp3) is 0.0526. The number of rotatable bonds is 1. The maximum atomic E-state index is 6.10. The Hall–Kier alpha value is -2.54. The van der Waals surface area contributed by atoms with Crippen molar-refractivity contribution in [3.05, 3.63) is 83.4 Å². The van der Waals surface area contributed by atoms with Crippen molar-refractivity contribution in [1.82, 2.24) is 0 Å². The minimum absolute atomic E-state index is 0.343. The molecule has 0 radical (unpaired) electrons. The van der Waals surface area contributed by atoms with Gasteiger partial charge in [-0.1, -0.05) is 60.7 Å². The summed E-state index contributed by atoms with van der Waals surface area (Å²) in [6, 6.07) is 21.2. The normalized spacial score (nSPS) is 16.5. The van der Waals surface area contributed by atoms with Crippen LogP contribution in [0.3, 0.4) is 0 Å². The third-order valence-corrected chi connectivity index (χ3v) is 4.10. The highest BCUT2D eigenvalue weighted by molar-refractivity contribution is 5.93. The van der Waals surface area contributed by atoms with E-state index in [0.29, 0.717) is 5.92 Å². The molecule has 3 aromatic rings. The molecule has 2 N–H and O–H groups in total. The molecule has 0 fully saturated rings. The molecule has 3 aromatic carbocycles. The van der Waals surface area contributed by atoms with Crippen LogP contribution in [-0.4, -0.2) is 0 Å². The molecule has 1 nitrogen and oxygen atoms in total. The van der Waals surface area contributed by atoms with Crippen LogP contribution in [0.1, 0.15) is 22.6 Å². The summed E-state index contributed by atoms with van der Waals surface area (Å²) >= 11 is 0. The number of nitrogens with two attached hydrogens (primary N) is 1. The Morgan fingerprint density at radius 2 is 1.75 bits per heavy atom. The lowest BCUT2D eigenvalue weighted by Gasteiger charge is -2.13. The lowest BCUT2D eigenvalue weighted by atomic mass is 9.91. The van der Waals surface area contributed by atoms with Crippen LogP contribution in [0.5, 0.6) is 0 Å². The Balaban J connectivity index is 1.88. The van der Waals surface area contributed by atoms with E-state index in [1.54, 1.807) is 0 Å². The molecule has 1 atom stereocenters. The van der Waals surface area contributed by atoms with Crippen LogP contribution in [0.15, 0.2) is 66.7 Å². The number of nitrogen functional groups attached to an aromatic ring is 1. The zero-order valence-electron chi connectivity index (χ0n) is 11.1. The average Bonchev–Trinajstić information content (AvgIpc) is 2.91. The van der Waals surface area contributed by atoms with Crippen LogP contribution >= 0.6 is 0 Å². The van der Waals surface area contributed by atoms with E-state index < -0.39 is 0 Å². The van der Waals surface area contributed by atoms with E-state index in [1.807, 2.05) is 12.1 Å². The highest BCUT2D eigenvalue weighted by Crippen LogP contribution is 2.36. The second kappa shape index (κ2) is 4.24. The van der Waals surface area contributed by atoms with E-state index in [-0.39, 0.29) is 0 Å². The quantitative estimate of drug-likeness (QED) is 0.634. The largest absolute Gasteiger partial charge is 0.398 e. The topological polar surface area (TPSA) is 26.0 Å². The van der Waals surface area contributed by atoms with Gasteiger partial charge in [0.25, 0.3) is 0 Å². The van der Waals surface area contributed by atoms with Gasteiger partial charge in [-0.15, -0.1) is 0 Å². The smallest absolute Gasteiger partial charge is 0.0393 e. The first kappa shape index (κ1) is 11.3. The number of hydrogen-bond acceptors (Lipinski definition) is 1. The molecular formula is C19H15N. The lowest BCUT2D eigenvalue weighted by molar-refractivity contribution is 1.05. The van der Waals surface area contributed by atoms with E-state index in [4.69, 9.17) is 5.73 Å². The van der Waals surface area contributed by atoms with E-state index in [9.17, 15) is 0 Å². The van der Waals surface area contributed by atoms with Crippen molar-refractivity contribution < 1.29 is 0 Å². The minimum Gasteiger partial charge on any atom is -0.398 e. The van der Waals surface area contributed by atoms with Crippen LogP contribution in [0.4, 0.5) is 5.69 Å². The molecule has 20 heavy (non-hydrogen) atoms. The molecule has 0 spiro atoms. The average molecular weight is 257 g/mol. The standard InChI is InChI=1S/C19H15N/c20-19-7-3-5-14-8-9-15(12-18(14)19)17-11-10-13-4-1-2-6-16(13)17/h1-12,17H,20H2. The first-order valence-electron chi connectivity index (χ1n) is 6.88. The van der Waals surface area contributed by atoms with Gasteiger partial charge in [-0.25, -0.2) is 0 Å². The molecule has 1 unspecified atom stereocenters. The van der Waals surface area contributed by atoms with Crippen LogP contribution in [0, 0.1) is 0 Å². The molecule has 0 heterocycles. The molecule has 0 saturated carbocycles. The first-order chi connectivity index (χ1) is 9.83. The summed E-state index contributed by atoms with van der Waals surface area (Å²) < 4.78 is 0. The second-order valence-corrected chi connectivity index (χ2v) is 5.29. The van der Waals surface area contributed by atoms with Gasteiger partial charge in [0.15, 0.2) is 0 Å². The van der Waals surface area contributed by atoms with Crippen LogP contribution in [0.2, 0.25) is 0 Å². The number of anilines is 1. The van der Waals surface area contributed by atoms with Crippen molar-refractivity contribution in [2.75, 3.05) is 5.73 Å². The molecule has 1 heteroatoms. The summed E-state index contributed by atoms with van der Waals surface area (Å²) in [6.07, 6.45) is 4.48. The van der Waals surface area contributed by atoms with Gasteiger partial charge >= 0.3 is 0 Å². The molecule has 0 bridgehead atoms. The van der Waals surface area contributed by atoms with E-state index >= 15 is 0 Å². The Kier molecular flexibility index (Phi) is 2.40. The van der Waals surface area contributed by atoms with Gasteiger partial charge in [0.05, 0.1) is 0 Å². The Morgan fingerprint density at radius 1 is 0.850 bits per heavy atom. The molecule has 0 amide bonds. The third kappa shape index (κ3) is 1.64. The third-order valence-electron chi connectivity index (χ3n) is 4.10. The minimum atomic E-state index is 0.343. The summed E-state index contributed by atoms with van der Waals surface area (Å²) in [4.78, 5) is 0.